The third-order valence-corrected chi connectivity index (χ3v) is 2.63. The normalized spacial score (nSPS) is 38.2. The lowest BCUT2D eigenvalue weighted by Gasteiger charge is -2.23. The Morgan fingerprint density at radius 3 is 2.10 bits per heavy atom. The van der Waals surface area contributed by atoms with Gasteiger partial charge in [0.15, 0.2) is 5.11 Å². The van der Waals surface area contributed by atoms with Gasteiger partial charge in [-0.2, -0.15) is 0 Å². The van der Waals surface area contributed by atoms with Crippen LogP contribution >= 0.6 is 12.2 Å². The lowest BCUT2D eigenvalue weighted by Crippen LogP contribution is -2.36. The molecular formula is C7H12N2S. The Bertz CT molecular complexity index is 142. The van der Waals surface area contributed by atoms with Gasteiger partial charge >= 0.3 is 0 Å². The third kappa shape index (κ3) is 0.985. The Balaban J connectivity index is 2.04. The van der Waals surface area contributed by atoms with Crippen molar-refractivity contribution in [3.63, 3.8) is 0 Å². The summed E-state index contributed by atoms with van der Waals surface area (Å²) in [5.41, 5.74) is 0. The largest absolute Gasteiger partial charge is 0.358 e. The molecule has 2 aliphatic rings. The van der Waals surface area contributed by atoms with E-state index in [1.54, 1.807) is 0 Å². The molecule has 0 unspecified atom stereocenters. The lowest BCUT2D eigenvalue weighted by atomic mass is 9.92. The molecule has 3 heteroatoms. The maximum absolute atomic E-state index is 5.01. The van der Waals surface area contributed by atoms with Crippen molar-refractivity contribution in [1.82, 2.24) is 10.6 Å². The SMILES string of the molecule is S=C1N[C@@H]2CCCC[C@H]2N1. The first-order chi connectivity index (χ1) is 4.86. The number of hydrogen-bond donors (Lipinski definition) is 2. The molecule has 0 aromatic heterocycles. The quantitative estimate of drug-likeness (QED) is 0.507. The van der Waals surface area contributed by atoms with E-state index in [-0.39, 0.29) is 0 Å². The molecule has 2 atom stereocenters. The van der Waals surface area contributed by atoms with Crippen LogP contribution < -0.4 is 10.6 Å². The van der Waals surface area contributed by atoms with Crippen molar-refractivity contribution in [2.24, 2.45) is 0 Å². The standard InChI is InChI=1S/C7H12N2S/c10-7-8-5-3-1-2-4-6(5)9-7/h5-6H,1-4H2,(H2,8,9,10)/t5-,6-/m1/s1. The summed E-state index contributed by atoms with van der Waals surface area (Å²) in [5, 5.41) is 7.41. The van der Waals surface area contributed by atoms with Crippen molar-refractivity contribution < 1.29 is 0 Å². The Kier molecular flexibility index (Phi) is 1.52. The molecule has 10 heavy (non-hydrogen) atoms. The van der Waals surface area contributed by atoms with E-state index in [0.717, 1.165) is 5.11 Å². The van der Waals surface area contributed by atoms with Gasteiger partial charge in [-0.25, -0.2) is 0 Å². The molecule has 2 rings (SSSR count). The molecule has 0 aromatic carbocycles. The Morgan fingerprint density at radius 2 is 1.60 bits per heavy atom. The number of hydrogen-bond acceptors (Lipinski definition) is 1. The van der Waals surface area contributed by atoms with E-state index >= 15 is 0 Å². The van der Waals surface area contributed by atoms with Crippen LogP contribution in [0.2, 0.25) is 0 Å². The number of rotatable bonds is 0. The van der Waals surface area contributed by atoms with E-state index in [1.165, 1.54) is 25.7 Å². The molecule has 1 saturated heterocycles. The van der Waals surface area contributed by atoms with Gasteiger partial charge < -0.3 is 10.6 Å². The summed E-state index contributed by atoms with van der Waals surface area (Å²) in [7, 11) is 0. The molecule has 1 aliphatic heterocycles. The highest BCUT2D eigenvalue weighted by Crippen LogP contribution is 2.21. The zero-order chi connectivity index (χ0) is 6.97. The van der Waals surface area contributed by atoms with Crippen LogP contribution in [-0.4, -0.2) is 17.2 Å². The van der Waals surface area contributed by atoms with Crippen LogP contribution in [0.1, 0.15) is 25.7 Å². The van der Waals surface area contributed by atoms with Crippen molar-refractivity contribution >= 4 is 17.3 Å². The maximum Gasteiger partial charge on any atom is 0.166 e. The van der Waals surface area contributed by atoms with Crippen LogP contribution in [0.3, 0.4) is 0 Å². The minimum absolute atomic E-state index is 0.640. The van der Waals surface area contributed by atoms with Crippen molar-refractivity contribution in [2.75, 3.05) is 0 Å². The Hall–Kier alpha value is -0.310. The monoisotopic (exact) mass is 156 g/mol. The second kappa shape index (κ2) is 2.38. The molecule has 2 fully saturated rings. The van der Waals surface area contributed by atoms with Crippen LogP contribution in [0.25, 0.3) is 0 Å². The van der Waals surface area contributed by atoms with Crippen molar-refractivity contribution in [3.8, 4) is 0 Å². The molecule has 0 radical (unpaired) electrons. The minimum atomic E-state index is 0.640. The van der Waals surface area contributed by atoms with Gasteiger partial charge in [-0.15, -0.1) is 0 Å². The average molecular weight is 156 g/mol. The molecule has 0 spiro atoms. The molecule has 1 saturated carbocycles. The highest BCUT2D eigenvalue weighted by molar-refractivity contribution is 7.80. The summed E-state index contributed by atoms with van der Waals surface area (Å²) in [6, 6.07) is 1.28. The summed E-state index contributed by atoms with van der Waals surface area (Å²) >= 11 is 5.01. The highest BCUT2D eigenvalue weighted by atomic mass is 32.1. The van der Waals surface area contributed by atoms with Gasteiger partial charge in [-0.3, -0.25) is 0 Å². The summed E-state index contributed by atoms with van der Waals surface area (Å²) in [6.07, 6.45) is 5.30. The third-order valence-electron chi connectivity index (χ3n) is 2.40. The molecule has 0 aromatic rings. The van der Waals surface area contributed by atoms with Gasteiger partial charge in [0.05, 0.1) is 0 Å². The summed E-state index contributed by atoms with van der Waals surface area (Å²) in [4.78, 5) is 0. The fourth-order valence-corrected chi connectivity index (χ4v) is 2.16. The molecule has 0 amide bonds. The van der Waals surface area contributed by atoms with Gasteiger partial charge in [-0.05, 0) is 25.1 Å². The van der Waals surface area contributed by atoms with Crippen molar-refractivity contribution in [1.29, 1.82) is 0 Å². The van der Waals surface area contributed by atoms with E-state index in [0.29, 0.717) is 12.1 Å². The van der Waals surface area contributed by atoms with Crippen LogP contribution in [0, 0.1) is 0 Å². The predicted molar refractivity (Wildman–Crippen MR) is 44.9 cm³/mol. The fraction of sp³-hybridized carbons (Fsp3) is 0.857. The maximum atomic E-state index is 5.01. The smallest absolute Gasteiger partial charge is 0.166 e. The zero-order valence-corrected chi connectivity index (χ0v) is 6.71. The molecule has 2 nitrogen and oxygen atoms in total. The molecule has 56 valence electrons. The Labute approximate surface area is 66.4 Å². The van der Waals surface area contributed by atoms with Gasteiger partial charge in [-0.1, -0.05) is 12.8 Å². The van der Waals surface area contributed by atoms with Gasteiger partial charge in [0.25, 0.3) is 0 Å². The molecule has 1 heterocycles. The molecule has 1 aliphatic carbocycles. The van der Waals surface area contributed by atoms with Gasteiger partial charge in [0, 0.05) is 12.1 Å². The van der Waals surface area contributed by atoms with Crippen LogP contribution in [0.5, 0.6) is 0 Å². The fourth-order valence-electron chi connectivity index (χ4n) is 1.85. The second-order valence-electron chi connectivity index (χ2n) is 3.12. The first-order valence-corrected chi connectivity index (χ1v) is 4.34. The second-order valence-corrected chi connectivity index (χ2v) is 3.52. The van der Waals surface area contributed by atoms with Gasteiger partial charge in [0.1, 0.15) is 0 Å². The first kappa shape index (κ1) is 6.40. The number of fused-ring (bicyclic) bond motifs is 1. The van der Waals surface area contributed by atoms with Crippen LogP contribution in [-0.2, 0) is 0 Å². The topological polar surface area (TPSA) is 24.1 Å². The zero-order valence-electron chi connectivity index (χ0n) is 5.89. The predicted octanol–water partition coefficient (Wildman–Crippen LogP) is 0.775. The highest BCUT2D eigenvalue weighted by Gasteiger charge is 2.30. The van der Waals surface area contributed by atoms with E-state index in [1.807, 2.05) is 0 Å². The van der Waals surface area contributed by atoms with Crippen LogP contribution in [0.4, 0.5) is 0 Å². The summed E-state index contributed by atoms with van der Waals surface area (Å²) < 4.78 is 0. The van der Waals surface area contributed by atoms with E-state index < -0.39 is 0 Å². The van der Waals surface area contributed by atoms with Crippen molar-refractivity contribution in [3.05, 3.63) is 0 Å². The minimum Gasteiger partial charge on any atom is -0.358 e. The van der Waals surface area contributed by atoms with E-state index in [9.17, 15) is 0 Å². The number of thiocarbonyl (C=S) groups is 1. The molecule has 0 bridgehead atoms. The summed E-state index contributed by atoms with van der Waals surface area (Å²) in [5.74, 6) is 0. The van der Waals surface area contributed by atoms with E-state index in [4.69, 9.17) is 12.2 Å². The summed E-state index contributed by atoms with van der Waals surface area (Å²) in [6.45, 7) is 0. The van der Waals surface area contributed by atoms with E-state index in [2.05, 4.69) is 10.6 Å². The lowest BCUT2D eigenvalue weighted by molar-refractivity contribution is 0.374. The average Bonchev–Trinajstić information content (AvgIpc) is 2.27. The molecule has 2 N–H and O–H groups in total. The van der Waals surface area contributed by atoms with Gasteiger partial charge in [0.2, 0.25) is 0 Å². The number of nitrogens with one attached hydrogen (secondary N) is 2. The first-order valence-electron chi connectivity index (χ1n) is 3.93. The Morgan fingerprint density at radius 1 is 1.10 bits per heavy atom. The van der Waals surface area contributed by atoms with Crippen molar-refractivity contribution in [2.45, 2.75) is 37.8 Å². The van der Waals surface area contributed by atoms with Crippen LogP contribution in [0.15, 0.2) is 0 Å². The molecular weight excluding hydrogens is 144 g/mol.